The number of unbranched alkanes of at least 4 members (excludes halogenated alkanes) is 2. The molecule has 0 aliphatic heterocycles. The normalized spacial score (nSPS) is 9.86. The second-order valence-electron chi connectivity index (χ2n) is 2.71. The standard InChI is InChI=1S/2C6H10O/c2*1-2-3-4-5-6-7/h2*4-6H,2-3H2,1H3/b2*5-4+. The van der Waals surface area contributed by atoms with Crippen LogP contribution in [0.4, 0.5) is 0 Å². The van der Waals surface area contributed by atoms with Gasteiger partial charge in [0.2, 0.25) is 0 Å². The molecule has 0 amide bonds. The fourth-order valence-electron chi connectivity index (χ4n) is 0.637. The van der Waals surface area contributed by atoms with Crippen LogP contribution in [0.2, 0.25) is 0 Å². The molecule has 0 unspecified atom stereocenters. The van der Waals surface area contributed by atoms with Gasteiger partial charge in [-0.05, 0) is 25.0 Å². The molecule has 0 bridgehead atoms. The predicted octanol–water partition coefficient (Wildman–Crippen LogP) is 3.08. The Morgan fingerprint density at radius 1 is 0.786 bits per heavy atom. The molecule has 0 aromatic heterocycles. The van der Waals surface area contributed by atoms with E-state index < -0.39 is 0 Å². The third-order valence-corrected chi connectivity index (χ3v) is 1.34. The molecule has 0 fully saturated rings. The molecule has 0 N–H and O–H groups in total. The topological polar surface area (TPSA) is 34.1 Å². The number of hydrogen-bond acceptors (Lipinski definition) is 2. The van der Waals surface area contributed by atoms with Crippen molar-refractivity contribution in [2.45, 2.75) is 39.5 Å². The highest BCUT2D eigenvalue weighted by molar-refractivity contribution is 5.64. The molecule has 0 rings (SSSR count). The van der Waals surface area contributed by atoms with Gasteiger partial charge in [0.25, 0.3) is 0 Å². The lowest BCUT2D eigenvalue weighted by Gasteiger charge is -1.76. The van der Waals surface area contributed by atoms with Crippen molar-refractivity contribution in [3.8, 4) is 0 Å². The Kier molecular flexibility index (Phi) is 19.4. The van der Waals surface area contributed by atoms with Gasteiger partial charge in [-0.2, -0.15) is 0 Å². The van der Waals surface area contributed by atoms with Crippen LogP contribution in [-0.4, -0.2) is 12.6 Å². The maximum Gasteiger partial charge on any atom is 0.142 e. The minimum Gasteiger partial charge on any atom is -0.299 e. The van der Waals surface area contributed by atoms with Crippen LogP contribution in [0.1, 0.15) is 39.5 Å². The lowest BCUT2D eigenvalue weighted by atomic mass is 10.3. The van der Waals surface area contributed by atoms with Crippen LogP contribution in [0.3, 0.4) is 0 Å². The van der Waals surface area contributed by atoms with Gasteiger partial charge >= 0.3 is 0 Å². The molecule has 2 nitrogen and oxygen atoms in total. The quantitative estimate of drug-likeness (QED) is 0.483. The monoisotopic (exact) mass is 196 g/mol. The third-order valence-electron chi connectivity index (χ3n) is 1.34. The van der Waals surface area contributed by atoms with Gasteiger partial charge in [-0.15, -0.1) is 0 Å². The van der Waals surface area contributed by atoms with Crippen molar-refractivity contribution in [2.75, 3.05) is 0 Å². The second-order valence-corrected chi connectivity index (χ2v) is 2.71. The van der Waals surface area contributed by atoms with Gasteiger partial charge in [-0.3, -0.25) is 9.59 Å². The zero-order valence-corrected chi connectivity index (χ0v) is 9.11. The predicted molar refractivity (Wildman–Crippen MR) is 60.2 cm³/mol. The average Bonchev–Trinajstić information content (AvgIpc) is 2.21. The Morgan fingerprint density at radius 3 is 1.36 bits per heavy atom. The highest BCUT2D eigenvalue weighted by atomic mass is 16.1. The van der Waals surface area contributed by atoms with E-state index in [1.54, 1.807) is 0 Å². The van der Waals surface area contributed by atoms with Crippen LogP contribution in [0.5, 0.6) is 0 Å². The molecule has 0 heterocycles. The molecule has 80 valence electrons. The van der Waals surface area contributed by atoms with Crippen LogP contribution >= 0.6 is 0 Å². The highest BCUT2D eigenvalue weighted by Gasteiger charge is 1.68. The van der Waals surface area contributed by atoms with E-state index in [4.69, 9.17) is 0 Å². The van der Waals surface area contributed by atoms with Crippen molar-refractivity contribution >= 4 is 12.6 Å². The Labute approximate surface area is 86.7 Å². The van der Waals surface area contributed by atoms with Crippen LogP contribution in [0, 0.1) is 0 Å². The number of carbonyl (C=O) groups excluding carboxylic acids is 2. The number of carbonyl (C=O) groups is 2. The molecule has 0 saturated carbocycles. The largest absolute Gasteiger partial charge is 0.299 e. The van der Waals surface area contributed by atoms with E-state index in [0.717, 1.165) is 38.3 Å². The van der Waals surface area contributed by atoms with E-state index in [0.29, 0.717) is 0 Å². The highest BCUT2D eigenvalue weighted by Crippen LogP contribution is 1.85. The van der Waals surface area contributed by atoms with Crippen molar-refractivity contribution in [1.29, 1.82) is 0 Å². The summed E-state index contributed by atoms with van der Waals surface area (Å²) in [5.74, 6) is 0. The number of aldehydes is 2. The first kappa shape index (κ1) is 15.3. The fourth-order valence-corrected chi connectivity index (χ4v) is 0.637. The number of allylic oxidation sites excluding steroid dienone is 4. The van der Waals surface area contributed by atoms with Gasteiger partial charge in [0, 0.05) is 0 Å². The van der Waals surface area contributed by atoms with Crippen LogP contribution in [-0.2, 0) is 9.59 Å². The van der Waals surface area contributed by atoms with Gasteiger partial charge in [0.15, 0.2) is 0 Å². The van der Waals surface area contributed by atoms with E-state index >= 15 is 0 Å². The van der Waals surface area contributed by atoms with Crippen molar-refractivity contribution in [3.63, 3.8) is 0 Å². The first-order valence-electron chi connectivity index (χ1n) is 5.04. The fraction of sp³-hybridized carbons (Fsp3) is 0.500. The summed E-state index contributed by atoms with van der Waals surface area (Å²) in [7, 11) is 0. The molecule has 0 aromatic rings. The van der Waals surface area contributed by atoms with Crippen molar-refractivity contribution in [3.05, 3.63) is 24.3 Å². The summed E-state index contributed by atoms with van der Waals surface area (Å²) in [5.41, 5.74) is 0. The summed E-state index contributed by atoms with van der Waals surface area (Å²) in [6.45, 7) is 4.16. The molecular weight excluding hydrogens is 176 g/mol. The molecule has 14 heavy (non-hydrogen) atoms. The summed E-state index contributed by atoms with van der Waals surface area (Å²) >= 11 is 0. The minimum atomic E-state index is 0.801. The van der Waals surface area contributed by atoms with Crippen molar-refractivity contribution in [1.82, 2.24) is 0 Å². The zero-order chi connectivity index (χ0) is 11.1. The second kappa shape index (κ2) is 17.8. The molecule has 0 aliphatic rings. The Hall–Kier alpha value is -1.18. The first-order chi connectivity index (χ1) is 6.83. The summed E-state index contributed by atoms with van der Waals surface area (Å²) in [6.07, 6.45) is 12.7. The van der Waals surface area contributed by atoms with E-state index in [2.05, 4.69) is 13.8 Å². The lowest BCUT2D eigenvalue weighted by molar-refractivity contribution is -0.104. The molecule has 0 atom stereocenters. The van der Waals surface area contributed by atoms with Crippen LogP contribution in [0.15, 0.2) is 24.3 Å². The third kappa shape index (κ3) is 22.4. The molecule has 0 spiro atoms. The van der Waals surface area contributed by atoms with E-state index in [9.17, 15) is 9.59 Å². The van der Waals surface area contributed by atoms with Crippen molar-refractivity contribution < 1.29 is 9.59 Å². The summed E-state index contributed by atoms with van der Waals surface area (Å²) in [5, 5.41) is 0. The Bertz CT molecular complexity index is 149. The Morgan fingerprint density at radius 2 is 1.14 bits per heavy atom. The summed E-state index contributed by atoms with van der Waals surface area (Å²) < 4.78 is 0. The van der Waals surface area contributed by atoms with E-state index in [-0.39, 0.29) is 0 Å². The molecule has 0 aromatic carbocycles. The zero-order valence-electron chi connectivity index (χ0n) is 9.11. The van der Waals surface area contributed by atoms with Gasteiger partial charge in [0.1, 0.15) is 12.6 Å². The van der Waals surface area contributed by atoms with Gasteiger partial charge < -0.3 is 0 Å². The van der Waals surface area contributed by atoms with Crippen LogP contribution in [0.25, 0.3) is 0 Å². The SMILES string of the molecule is CCC/C=C/C=O.CCC/C=C/C=O. The maximum absolute atomic E-state index is 9.59. The summed E-state index contributed by atoms with van der Waals surface area (Å²) in [6, 6.07) is 0. The lowest BCUT2D eigenvalue weighted by Crippen LogP contribution is -1.61. The minimum absolute atomic E-state index is 0.801. The smallest absolute Gasteiger partial charge is 0.142 e. The maximum atomic E-state index is 9.59. The van der Waals surface area contributed by atoms with E-state index in [1.807, 2.05) is 12.2 Å². The van der Waals surface area contributed by atoms with E-state index in [1.165, 1.54) is 12.2 Å². The molecule has 0 saturated heterocycles. The molecular formula is C12H20O2. The molecule has 2 heteroatoms. The van der Waals surface area contributed by atoms with Gasteiger partial charge in [0.05, 0.1) is 0 Å². The summed E-state index contributed by atoms with van der Waals surface area (Å²) in [4.78, 5) is 19.2. The van der Waals surface area contributed by atoms with Gasteiger partial charge in [-0.1, -0.05) is 38.8 Å². The van der Waals surface area contributed by atoms with Crippen molar-refractivity contribution in [2.24, 2.45) is 0 Å². The van der Waals surface area contributed by atoms with Crippen LogP contribution < -0.4 is 0 Å². The molecule has 0 aliphatic carbocycles. The Balaban J connectivity index is 0. The molecule has 0 radical (unpaired) electrons. The number of hydrogen-bond donors (Lipinski definition) is 0. The van der Waals surface area contributed by atoms with Gasteiger partial charge in [-0.25, -0.2) is 0 Å². The average molecular weight is 196 g/mol. The number of rotatable bonds is 6. The first-order valence-corrected chi connectivity index (χ1v) is 5.04.